The van der Waals surface area contributed by atoms with Crippen LogP contribution in [0.2, 0.25) is 0 Å². The Kier molecular flexibility index (Phi) is 8.14. The predicted octanol–water partition coefficient (Wildman–Crippen LogP) is 4.26. The summed E-state index contributed by atoms with van der Waals surface area (Å²) in [6.45, 7) is 4.25. The lowest BCUT2D eigenvalue weighted by molar-refractivity contribution is -0.121. The van der Waals surface area contributed by atoms with Crippen molar-refractivity contribution >= 4 is 23.5 Å². The Bertz CT molecular complexity index is 399. The van der Waals surface area contributed by atoms with Gasteiger partial charge in [-0.2, -0.15) is 5.10 Å². The van der Waals surface area contributed by atoms with Crippen molar-refractivity contribution in [3.8, 4) is 0 Å². The van der Waals surface area contributed by atoms with Crippen LogP contribution in [0.25, 0.3) is 0 Å². The summed E-state index contributed by atoms with van der Waals surface area (Å²) in [6.07, 6.45) is 9.47. The quantitative estimate of drug-likeness (QED) is 0.410. The minimum Gasteiger partial charge on any atom is -0.273 e. The number of hydrogen-bond donors (Lipinski definition) is 1. The fourth-order valence-corrected chi connectivity index (χ4v) is 2.50. The summed E-state index contributed by atoms with van der Waals surface area (Å²) in [5.41, 5.74) is 3.66. The van der Waals surface area contributed by atoms with Gasteiger partial charge in [0.2, 0.25) is 5.91 Å². The van der Waals surface area contributed by atoms with Crippen LogP contribution in [0.5, 0.6) is 0 Å². The maximum absolute atomic E-state index is 11.5. The maximum atomic E-state index is 11.5. The lowest BCUT2D eigenvalue weighted by Crippen LogP contribution is -2.16. The summed E-state index contributed by atoms with van der Waals surface area (Å²) in [6, 6.07) is 2.00. The zero-order valence-corrected chi connectivity index (χ0v) is 12.8. The van der Waals surface area contributed by atoms with Crippen molar-refractivity contribution in [2.75, 3.05) is 0 Å². The topological polar surface area (TPSA) is 41.5 Å². The SMILES string of the molecule is CCCCCCCCC(=O)N/N=C/c1ccsc1C. The van der Waals surface area contributed by atoms with Gasteiger partial charge in [0.25, 0.3) is 0 Å². The summed E-state index contributed by atoms with van der Waals surface area (Å²) in [5.74, 6) is 0.0135. The number of thiophene rings is 1. The Morgan fingerprint density at radius 1 is 1.32 bits per heavy atom. The minimum absolute atomic E-state index is 0.0135. The molecule has 0 aliphatic heterocycles. The molecule has 1 amide bonds. The molecule has 0 bridgehead atoms. The van der Waals surface area contributed by atoms with Gasteiger partial charge >= 0.3 is 0 Å². The molecule has 0 saturated heterocycles. The molecule has 1 N–H and O–H groups in total. The normalized spacial score (nSPS) is 11.1. The highest BCUT2D eigenvalue weighted by molar-refractivity contribution is 7.10. The molecule has 0 aliphatic carbocycles. The Morgan fingerprint density at radius 3 is 2.74 bits per heavy atom. The molecule has 1 aromatic rings. The third-order valence-corrected chi connectivity index (χ3v) is 3.91. The highest BCUT2D eigenvalue weighted by Gasteiger charge is 1.99. The lowest BCUT2D eigenvalue weighted by atomic mass is 10.1. The van der Waals surface area contributed by atoms with E-state index in [0.717, 1.165) is 18.4 Å². The third-order valence-electron chi connectivity index (χ3n) is 3.05. The van der Waals surface area contributed by atoms with Gasteiger partial charge in [0.1, 0.15) is 0 Å². The molecule has 4 heteroatoms. The fourth-order valence-electron chi connectivity index (χ4n) is 1.82. The van der Waals surface area contributed by atoms with E-state index >= 15 is 0 Å². The molecule has 1 heterocycles. The number of unbranched alkanes of at least 4 members (excludes halogenated alkanes) is 5. The molecule has 0 atom stereocenters. The van der Waals surface area contributed by atoms with Gasteiger partial charge in [0.05, 0.1) is 6.21 Å². The van der Waals surface area contributed by atoms with Gasteiger partial charge < -0.3 is 0 Å². The number of hydrazone groups is 1. The molecule has 0 aromatic carbocycles. The molecule has 3 nitrogen and oxygen atoms in total. The van der Waals surface area contributed by atoms with Crippen LogP contribution in [0.15, 0.2) is 16.5 Å². The van der Waals surface area contributed by atoms with Crippen LogP contribution >= 0.6 is 11.3 Å². The molecule has 0 aliphatic rings. The Balaban J connectivity index is 2.08. The fraction of sp³-hybridized carbons (Fsp3) is 0.600. The number of carbonyl (C=O) groups excluding carboxylic acids is 1. The van der Waals surface area contributed by atoms with E-state index in [1.807, 2.05) is 18.4 Å². The monoisotopic (exact) mass is 280 g/mol. The molecule has 106 valence electrons. The average Bonchev–Trinajstić information content (AvgIpc) is 2.79. The number of nitrogens with one attached hydrogen (secondary N) is 1. The number of hydrogen-bond acceptors (Lipinski definition) is 3. The predicted molar refractivity (Wildman–Crippen MR) is 82.8 cm³/mol. The van der Waals surface area contributed by atoms with Gasteiger partial charge in [-0.1, -0.05) is 39.0 Å². The van der Waals surface area contributed by atoms with E-state index in [1.165, 1.54) is 30.6 Å². The van der Waals surface area contributed by atoms with Crippen LogP contribution in [0.4, 0.5) is 0 Å². The molecular formula is C15H24N2OS. The second kappa shape index (κ2) is 9.73. The van der Waals surface area contributed by atoms with Gasteiger partial charge in [-0.25, -0.2) is 5.43 Å². The van der Waals surface area contributed by atoms with E-state index in [4.69, 9.17) is 0 Å². The summed E-state index contributed by atoms with van der Waals surface area (Å²) in [4.78, 5) is 12.7. The smallest absolute Gasteiger partial charge is 0.240 e. The number of carbonyl (C=O) groups is 1. The Hall–Kier alpha value is -1.16. The molecule has 0 saturated carbocycles. The summed E-state index contributed by atoms with van der Waals surface area (Å²) < 4.78 is 0. The zero-order chi connectivity index (χ0) is 13.9. The first-order chi connectivity index (χ1) is 9.24. The lowest BCUT2D eigenvalue weighted by Gasteiger charge is -2.00. The number of aryl methyl sites for hydroxylation is 1. The largest absolute Gasteiger partial charge is 0.273 e. The molecular weight excluding hydrogens is 256 g/mol. The summed E-state index contributed by atoms with van der Waals surface area (Å²) >= 11 is 1.68. The summed E-state index contributed by atoms with van der Waals surface area (Å²) in [7, 11) is 0. The van der Waals surface area contributed by atoms with E-state index in [9.17, 15) is 4.79 Å². The Morgan fingerprint density at radius 2 is 2.05 bits per heavy atom. The molecule has 1 rings (SSSR count). The molecule has 1 aromatic heterocycles. The van der Waals surface area contributed by atoms with Crippen molar-refractivity contribution in [2.24, 2.45) is 5.10 Å². The van der Waals surface area contributed by atoms with Crippen molar-refractivity contribution in [3.05, 3.63) is 21.9 Å². The minimum atomic E-state index is 0.0135. The van der Waals surface area contributed by atoms with Gasteiger partial charge in [0.15, 0.2) is 0 Å². The van der Waals surface area contributed by atoms with Crippen molar-refractivity contribution in [1.82, 2.24) is 5.43 Å². The number of rotatable bonds is 9. The maximum Gasteiger partial charge on any atom is 0.240 e. The molecule has 0 unspecified atom stereocenters. The second-order valence-electron chi connectivity index (χ2n) is 4.74. The van der Waals surface area contributed by atoms with Crippen LogP contribution in [-0.2, 0) is 4.79 Å². The van der Waals surface area contributed by atoms with E-state index in [-0.39, 0.29) is 5.91 Å². The number of nitrogens with zero attached hydrogens (tertiary/aromatic N) is 1. The first-order valence-electron chi connectivity index (χ1n) is 7.10. The molecule has 0 fully saturated rings. The standard InChI is InChI=1S/C15H24N2OS/c1-3-4-5-6-7-8-9-15(18)17-16-12-14-10-11-19-13(14)2/h10-12H,3-9H2,1-2H3,(H,17,18)/b16-12+. The zero-order valence-electron chi connectivity index (χ0n) is 11.9. The van der Waals surface area contributed by atoms with E-state index in [0.29, 0.717) is 6.42 Å². The van der Waals surface area contributed by atoms with Crippen LogP contribution in [-0.4, -0.2) is 12.1 Å². The highest BCUT2D eigenvalue weighted by Crippen LogP contribution is 2.12. The average molecular weight is 280 g/mol. The molecule has 0 radical (unpaired) electrons. The van der Waals surface area contributed by atoms with Crippen molar-refractivity contribution in [2.45, 2.75) is 58.8 Å². The van der Waals surface area contributed by atoms with Crippen molar-refractivity contribution < 1.29 is 4.79 Å². The van der Waals surface area contributed by atoms with Gasteiger partial charge in [-0.05, 0) is 24.8 Å². The number of amides is 1. The highest BCUT2D eigenvalue weighted by atomic mass is 32.1. The van der Waals surface area contributed by atoms with Gasteiger partial charge in [0, 0.05) is 16.9 Å². The first kappa shape index (κ1) is 15.9. The summed E-state index contributed by atoms with van der Waals surface area (Å²) in [5, 5.41) is 6.01. The van der Waals surface area contributed by atoms with E-state index in [1.54, 1.807) is 17.6 Å². The van der Waals surface area contributed by atoms with Crippen molar-refractivity contribution in [1.29, 1.82) is 0 Å². The van der Waals surface area contributed by atoms with Crippen LogP contribution in [0.1, 0.15) is 62.3 Å². The second-order valence-corrected chi connectivity index (χ2v) is 5.86. The van der Waals surface area contributed by atoms with E-state index < -0.39 is 0 Å². The van der Waals surface area contributed by atoms with Gasteiger partial charge in [-0.15, -0.1) is 11.3 Å². The molecule has 0 spiro atoms. The van der Waals surface area contributed by atoms with Crippen LogP contribution in [0, 0.1) is 6.92 Å². The van der Waals surface area contributed by atoms with E-state index in [2.05, 4.69) is 17.5 Å². The Labute approximate surface area is 120 Å². The third kappa shape index (κ3) is 7.11. The van der Waals surface area contributed by atoms with Crippen LogP contribution in [0.3, 0.4) is 0 Å². The molecule has 19 heavy (non-hydrogen) atoms. The van der Waals surface area contributed by atoms with Crippen molar-refractivity contribution in [3.63, 3.8) is 0 Å². The van der Waals surface area contributed by atoms with Crippen LogP contribution < -0.4 is 5.43 Å². The first-order valence-corrected chi connectivity index (χ1v) is 7.98. The van der Waals surface area contributed by atoms with Gasteiger partial charge in [-0.3, -0.25) is 4.79 Å².